The predicted octanol–water partition coefficient (Wildman–Crippen LogP) is 2.40. The van der Waals surface area contributed by atoms with Crippen LogP contribution < -0.4 is 10.1 Å². The van der Waals surface area contributed by atoms with Gasteiger partial charge in [0.1, 0.15) is 5.75 Å². The van der Waals surface area contributed by atoms with Gasteiger partial charge in [-0.05, 0) is 23.8 Å². The van der Waals surface area contributed by atoms with Gasteiger partial charge in [-0.25, -0.2) is 0 Å². The van der Waals surface area contributed by atoms with Crippen molar-refractivity contribution in [2.24, 2.45) is 0 Å². The van der Waals surface area contributed by atoms with Crippen molar-refractivity contribution in [2.45, 2.75) is 13.1 Å². The van der Waals surface area contributed by atoms with E-state index in [0.29, 0.717) is 18.7 Å². The third-order valence-corrected chi connectivity index (χ3v) is 2.88. The van der Waals surface area contributed by atoms with Crippen molar-refractivity contribution >= 4 is 0 Å². The Morgan fingerprint density at radius 3 is 2.63 bits per heavy atom. The highest BCUT2D eigenvalue weighted by molar-refractivity contribution is 5.44. The number of methoxy groups -OCH3 is 1. The van der Waals surface area contributed by atoms with Crippen molar-refractivity contribution in [3.05, 3.63) is 53.6 Å². The SMILES string of the molecule is COc1cccc(CNCc2cccc(O)c2O)c1. The van der Waals surface area contributed by atoms with E-state index in [1.807, 2.05) is 24.3 Å². The van der Waals surface area contributed by atoms with E-state index in [2.05, 4.69) is 5.32 Å². The molecule has 0 aliphatic heterocycles. The summed E-state index contributed by atoms with van der Waals surface area (Å²) in [6.07, 6.45) is 0. The summed E-state index contributed by atoms with van der Waals surface area (Å²) in [6, 6.07) is 12.7. The molecular formula is C15H17NO3. The number of ether oxygens (including phenoxy) is 1. The van der Waals surface area contributed by atoms with Crippen LogP contribution in [0.15, 0.2) is 42.5 Å². The molecule has 0 aromatic heterocycles. The van der Waals surface area contributed by atoms with Crippen LogP contribution in [0.4, 0.5) is 0 Å². The first-order chi connectivity index (χ1) is 9.20. The zero-order valence-corrected chi connectivity index (χ0v) is 10.8. The van der Waals surface area contributed by atoms with E-state index in [9.17, 15) is 10.2 Å². The average Bonchev–Trinajstić information content (AvgIpc) is 2.44. The Labute approximate surface area is 112 Å². The van der Waals surface area contributed by atoms with Gasteiger partial charge < -0.3 is 20.3 Å². The molecule has 2 aromatic rings. The molecule has 0 spiro atoms. The first-order valence-corrected chi connectivity index (χ1v) is 6.04. The zero-order chi connectivity index (χ0) is 13.7. The van der Waals surface area contributed by atoms with Crippen LogP contribution in [0.5, 0.6) is 17.2 Å². The van der Waals surface area contributed by atoms with Crippen molar-refractivity contribution in [3.8, 4) is 17.2 Å². The maximum Gasteiger partial charge on any atom is 0.161 e. The minimum atomic E-state index is -0.0966. The molecule has 4 nitrogen and oxygen atoms in total. The lowest BCUT2D eigenvalue weighted by molar-refractivity contribution is 0.397. The van der Waals surface area contributed by atoms with Gasteiger partial charge in [-0.2, -0.15) is 0 Å². The van der Waals surface area contributed by atoms with Gasteiger partial charge in [-0.3, -0.25) is 0 Å². The number of rotatable bonds is 5. The number of phenols is 2. The van der Waals surface area contributed by atoms with Crippen LogP contribution in [0.2, 0.25) is 0 Å². The summed E-state index contributed by atoms with van der Waals surface area (Å²) in [5.41, 5.74) is 1.77. The fourth-order valence-electron chi connectivity index (χ4n) is 1.84. The molecule has 0 unspecified atom stereocenters. The second-order valence-corrected chi connectivity index (χ2v) is 4.24. The molecule has 100 valence electrons. The standard InChI is InChI=1S/C15H17NO3/c1-19-13-6-2-4-11(8-13)9-16-10-12-5-3-7-14(17)15(12)18/h2-8,16-18H,9-10H2,1H3. The second-order valence-electron chi connectivity index (χ2n) is 4.24. The summed E-state index contributed by atoms with van der Waals surface area (Å²) in [6.45, 7) is 1.14. The van der Waals surface area contributed by atoms with Gasteiger partial charge in [0, 0.05) is 18.7 Å². The van der Waals surface area contributed by atoms with Crippen molar-refractivity contribution in [3.63, 3.8) is 0 Å². The van der Waals surface area contributed by atoms with E-state index in [-0.39, 0.29) is 11.5 Å². The summed E-state index contributed by atoms with van der Waals surface area (Å²) in [7, 11) is 1.64. The smallest absolute Gasteiger partial charge is 0.161 e. The molecule has 0 aliphatic rings. The summed E-state index contributed by atoms with van der Waals surface area (Å²) < 4.78 is 5.15. The molecule has 3 N–H and O–H groups in total. The topological polar surface area (TPSA) is 61.7 Å². The van der Waals surface area contributed by atoms with E-state index in [0.717, 1.165) is 11.3 Å². The van der Waals surface area contributed by atoms with E-state index < -0.39 is 0 Å². The molecular weight excluding hydrogens is 242 g/mol. The van der Waals surface area contributed by atoms with Crippen LogP contribution in [-0.4, -0.2) is 17.3 Å². The van der Waals surface area contributed by atoms with Gasteiger partial charge in [-0.1, -0.05) is 24.3 Å². The molecule has 0 fully saturated rings. The van der Waals surface area contributed by atoms with Crippen molar-refractivity contribution in [1.29, 1.82) is 0 Å². The van der Waals surface area contributed by atoms with Crippen LogP contribution in [0, 0.1) is 0 Å². The summed E-state index contributed by atoms with van der Waals surface area (Å²) in [4.78, 5) is 0. The number of aromatic hydroxyl groups is 2. The van der Waals surface area contributed by atoms with Crippen molar-refractivity contribution in [1.82, 2.24) is 5.32 Å². The van der Waals surface area contributed by atoms with Crippen LogP contribution in [0.3, 0.4) is 0 Å². The number of para-hydroxylation sites is 1. The van der Waals surface area contributed by atoms with Crippen LogP contribution in [-0.2, 0) is 13.1 Å². The number of nitrogens with one attached hydrogen (secondary N) is 1. The van der Waals surface area contributed by atoms with E-state index in [1.165, 1.54) is 6.07 Å². The predicted molar refractivity (Wildman–Crippen MR) is 73.3 cm³/mol. The first-order valence-electron chi connectivity index (χ1n) is 6.04. The average molecular weight is 259 g/mol. The lowest BCUT2D eigenvalue weighted by Crippen LogP contribution is -2.12. The normalized spacial score (nSPS) is 10.4. The fourth-order valence-corrected chi connectivity index (χ4v) is 1.84. The molecule has 0 radical (unpaired) electrons. The van der Waals surface area contributed by atoms with Gasteiger partial charge >= 0.3 is 0 Å². The summed E-state index contributed by atoms with van der Waals surface area (Å²) in [5, 5.41) is 22.3. The zero-order valence-electron chi connectivity index (χ0n) is 10.8. The Bertz CT molecular complexity index is 555. The largest absolute Gasteiger partial charge is 0.504 e. The molecule has 0 atom stereocenters. The molecule has 0 amide bonds. The Kier molecular flexibility index (Phi) is 4.26. The fraction of sp³-hybridized carbons (Fsp3) is 0.200. The first kappa shape index (κ1) is 13.2. The van der Waals surface area contributed by atoms with Gasteiger partial charge in [0.15, 0.2) is 11.5 Å². The molecule has 19 heavy (non-hydrogen) atoms. The minimum Gasteiger partial charge on any atom is -0.504 e. The van der Waals surface area contributed by atoms with Gasteiger partial charge in [0.2, 0.25) is 0 Å². The highest BCUT2D eigenvalue weighted by Gasteiger charge is 2.05. The summed E-state index contributed by atoms with van der Waals surface area (Å²) >= 11 is 0. The van der Waals surface area contributed by atoms with E-state index >= 15 is 0 Å². The van der Waals surface area contributed by atoms with Gasteiger partial charge in [0.25, 0.3) is 0 Å². The van der Waals surface area contributed by atoms with E-state index in [4.69, 9.17) is 4.74 Å². The summed E-state index contributed by atoms with van der Waals surface area (Å²) in [5.74, 6) is 0.654. The lowest BCUT2D eigenvalue weighted by atomic mass is 10.1. The molecule has 0 bridgehead atoms. The number of hydrogen-bond acceptors (Lipinski definition) is 4. The Hall–Kier alpha value is -2.20. The molecule has 0 aliphatic carbocycles. The minimum absolute atomic E-state index is 0.0688. The van der Waals surface area contributed by atoms with E-state index in [1.54, 1.807) is 19.2 Å². The molecule has 2 rings (SSSR count). The second kappa shape index (κ2) is 6.11. The molecule has 4 heteroatoms. The maximum absolute atomic E-state index is 9.67. The maximum atomic E-state index is 9.67. The van der Waals surface area contributed by atoms with Gasteiger partial charge in [-0.15, -0.1) is 0 Å². The Morgan fingerprint density at radius 1 is 1.05 bits per heavy atom. The molecule has 0 heterocycles. The third-order valence-electron chi connectivity index (χ3n) is 2.88. The van der Waals surface area contributed by atoms with Crippen molar-refractivity contribution < 1.29 is 14.9 Å². The number of hydrogen-bond donors (Lipinski definition) is 3. The Morgan fingerprint density at radius 2 is 1.84 bits per heavy atom. The molecule has 0 saturated carbocycles. The number of benzene rings is 2. The quantitative estimate of drug-likeness (QED) is 0.722. The molecule has 0 saturated heterocycles. The van der Waals surface area contributed by atoms with Gasteiger partial charge in [0.05, 0.1) is 7.11 Å². The van der Waals surface area contributed by atoms with Crippen molar-refractivity contribution in [2.75, 3.05) is 7.11 Å². The molecule has 2 aromatic carbocycles. The lowest BCUT2D eigenvalue weighted by Gasteiger charge is -2.08. The highest BCUT2D eigenvalue weighted by atomic mass is 16.5. The highest BCUT2D eigenvalue weighted by Crippen LogP contribution is 2.27. The Balaban J connectivity index is 1.94. The van der Waals surface area contributed by atoms with Crippen LogP contribution in [0.25, 0.3) is 0 Å². The van der Waals surface area contributed by atoms with Crippen LogP contribution in [0.1, 0.15) is 11.1 Å². The van der Waals surface area contributed by atoms with Crippen LogP contribution >= 0.6 is 0 Å². The monoisotopic (exact) mass is 259 g/mol. The third kappa shape index (κ3) is 3.39. The number of phenolic OH excluding ortho intramolecular Hbond substituents is 2.